The molecule has 1 saturated carbocycles. The SMILES string of the molecule is CCCCCCCCCCCC(=O)OCCCCCC(C(=O)NC1CCCCC1)N(CCCN(C)C)C(=O)CCC(C)CCCCC. The Bertz CT molecular complexity index is 783. The first-order valence-corrected chi connectivity index (χ1v) is 20.2. The normalized spacial score (nSPS) is 15.0. The van der Waals surface area contributed by atoms with Crippen LogP contribution in [0.1, 0.15) is 188 Å². The third kappa shape index (κ3) is 23.4. The number of ether oxygens (including phenoxy) is 1. The molecule has 0 aliphatic heterocycles. The van der Waals surface area contributed by atoms with E-state index in [0.29, 0.717) is 38.3 Å². The number of hydrogen-bond donors (Lipinski definition) is 1. The fourth-order valence-electron chi connectivity index (χ4n) is 6.84. The summed E-state index contributed by atoms with van der Waals surface area (Å²) < 4.78 is 5.53. The van der Waals surface area contributed by atoms with Crippen molar-refractivity contribution < 1.29 is 19.1 Å². The average molecular weight is 664 g/mol. The van der Waals surface area contributed by atoms with Crippen molar-refractivity contribution in [1.29, 1.82) is 0 Å². The fraction of sp³-hybridized carbons (Fsp3) is 0.925. The molecule has 276 valence electrons. The second-order valence-electron chi connectivity index (χ2n) is 14.9. The van der Waals surface area contributed by atoms with Crippen LogP contribution in [0, 0.1) is 5.92 Å². The lowest BCUT2D eigenvalue weighted by Gasteiger charge is -2.34. The standard InChI is InChI=1S/C40H77N3O4/c1-6-8-10-11-12-13-14-15-22-29-39(45)47-34-23-17-21-28-37(40(46)41-36-26-19-16-20-27-36)43(33-24-32-42(4)5)38(44)31-30-35(3)25-18-9-7-2/h35-37H,6-34H2,1-5H3,(H,41,46). The van der Waals surface area contributed by atoms with Crippen LogP contribution >= 0.6 is 0 Å². The van der Waals surface area contributed by atoms with Crippen LogP contribution in [0.2, 0.25) is 0 Å². The van der Waals surface area contributed by atoms with Crippen LogP contribution in [0.4, 0.5) is 0 Å². The fourth-order valence-corrected chi connectivity index (χ4v) is 6.84. The topological polar surface area (TPSA) is 79.0 Å². The van der Waals surface area contributed by atoms with E-state index < -0.39 is 6.04 Å². The minimum atomic E-state index is -0.434. The predicted octanol–water partition coefficient (Wildman–Crippen LogP) is 9.61. The van der Waals surface area contributed by atoms with E-state index in [4.69, 9.17) is 4.74 Å². The molecule has 0 bridgehead atoms. The van der Waals surface area contributed by atoms with Gasteiger partial charge in [0.05, 0.1) is 6.61 Å². The van der Waals surface area contributed by atoms with E-state index in [1.165, 1.54) is 70.6 Å². The Balaban J connectivity index is 2.62. The number of carbonyl (C=O) groups is 3. The molecule has 2 unspecified atom stereocenters. The highest BCUT2D eigenvalue weighted by Gasteiger charge is 2.31. The van der Waals surface area contributed by atoms with E-state index >= 15 is 0 Å². The molecule has 0 saturated heterocycles. The first kappa shape index (κ1) is 43.4. The largest absolute Gasteiger partial charge is 0.466 e. The van der Waals surface area contributed by atoms with E-state index in [0.717, 1.165) is 83.6 Å². The first-order chi connectivity index (χ1) is 22.8. The van der Waals surface area contributed by atoms with Crippen molar-refractivity contribution in [2.45, 2.75) is 200 Å². The molecule has 1 aliphatic rings. The van der Waals surface area contributed by atoms with Gasteiger partial charge in [-0.15, -0.1) is 0 Å². The summed E-state index contributed by atoms with van der Waals surface area (Å²) in [5, 5.41) is 3.35. The van der Waals surface area contributed by atoms with E-state index in [2.05, 4.69) is 45.1 Å². The van der Waals surface area contributed by atoms with Gasteiger partial charge in [-0.1, -0.05) is 124 Å². The van der Waals surface area contributed by atoms with E-state index in [1.54, 1.807) is 0 Å². The first-order valence-electron chi connectivity index (χ1n) is 20.2. The van der Waals surface area contributed by atoms with Gasteiger partial charge in [-0.25, -0.2) is 0 Å². The molecule has 7 heteroatoms. The van der Waals surface area contributed by atoms with Crippen LogP contribution in [0.15, 0.2) is 0 Å². The molecule has 0 aromatic rings. The Kier molecular flexibility index (Phi) is 27.1. The summed E-state index contributed by atoms with van der Waals surface area (Å²) in [6, 6.07) is -0.211. The Labute approximate surface area is 291 Å². The van der Waals surface area contributed by atoms with Gasteiger partial charge in [0.25, 0.3) is 0 Å². The average Bonchev–Trinajstić information content (AvgIpc) is 3.05. The smallest absolute Gasteiger partial charge is 0.305 e. The zero-order valence-electron chi connectivity index (χ0n) is 31.8. The van der Waals surface area contributed by atoms with Crippen LogP contribution < -0.4 is 5.32 Å². The highest BCUT2D eigenvalue weighted by molar-refractivity contribution is 5.87. The minimum Gasteiger partial charge on any atom is -0.466 e. The lowest BCUT2D eigenvalue weighted by molar-refractivity contribution is -0.144. The Morgan fingerprint density at radius 2 is 1.28 bits per heavy atom. The van der Waals surface area contributed by atoms with Gasteiger partial charge in [0.1, 0.15) is 6.04 Å². The van der Waals surface area contributed by atoms with Crippen LogP contribution in [0.5, 0.6) is 0 Å². The molecule has 1 N–H and O–H groups in total. The second kappa shape index (κ2) is 29.3. The van der Waals surface area contributed by atoms with Gasteiger partial charge in [0.2, 0.25) is 11.8 Å². The van der Waals surface area contributed by atoms with Crippen molar-refractivity contribution in [3.05, 3.63) is 0 Å². The van der Waals surface area contributed by atoms with Gasteiger partial charge in [-0.2, -0.15) is 0 Å². The van der Waals surface area contributed by atoms with Crippen LogP contribution in [-0.4, -0.2) is 73.5 Å². The molecule has 2 atom stereocenters. The second-order valence-corrected chi connectivity index (χ2v) is 14.9. The third-order valence-electron chi connectivity index (χ3n) is 9.98. The molecule has 1 fully saturated rings. The van der Waals surface area contributed by atoms with Crippen LogP contribution in [-0.2, 0) is 19.1 Å². The number of unbranched alkanes of at least 4 members (excludes halogenated alkanes) is 12. The lowest BCUT2D eigenvalue weighted by Crippen LogP contribution is -2.52. The van der Waals surface area contributed by atoms with Gasteiger partial charge in [0.15, 0.2) is 0 Å². The van der Waals surface area contributed by atoms with E-state index in [-0.39, 0.29) is 23.8 Å². The van der Waals surface area contributed by atoms with Crippen molar-refractivity contribution in [3.8, 4) is 0 Å². The molecular formula is C40H77N3O4. The summed E-state index contributed by atoms with van der Waals surface area (Å²) in [7, 11) is 4.11. The number of rotatable bonds is 30. The lowest BCUT2D eigenvalue weighted by atomic mass is 9.94. The van der Waals surface area contributed by atoms with Crippen molar-refractivity contribution in [1.82, 2.24) is 15.1 Å². The van der Waals surface area contributed by atoms with Gasteiger partial charge in [-0.3, -0.25) is 14.4 Å². The number of nitrogens with one attached hydrogen (secondary N) is 1. The van der Waals surface area contributed by atoms with Crippen molar-refractivity contribution in [3.63, 3.8) is 0 Å². The molecule has 0 aromatic carbocycles. The molecule has 1 rings (SSSR count). The minimum absolute atomic E-state index is 0.0264. The number of esters is 1. The number of amides is 2. The van der Waals surface area contributed by atoms with Gasteiger partial charge >= 0.3 is 5.97 Å². The van der Waals surface area contributed by atoms with E-state index in [9.17, 15) is 14.4 Å². The van der Waals surface area contributed by atoms with Gasteiger partial charge in [-0.05, 0) is 77.9 Å². The van der Waals surface area contributed by atoms with Gasteiger partial charge < -0.3 is 19.9 Å². The number of carbonyl (C=O) groups excluding carboxylic acids is 3. The maximum atomic E-state index is 13.8. The summed E-state index contributed by atoms with van der Waals surface area (Å²) in [6.45, 7) is 8.67. The van der Waals surface area contributed by atoms with Gasteiger partial charge in [0, 0.05) is 25.4 Å². The molecule has 0 heterocycles. The van der Waals surface area contributed by atoms with Crippen molar-refractivity contribution >= 4 is 17.8 Å². The number of nitrogens with zero attached hydrogens (tertiary/aromatic N) is 2. The monoisotopic (exact) mass is 664 g/mol. The molecular weight excluding hydrogens is 586 g/mol. The quantitative estimate of drug-likeness (QED) is 0.0612. The molecule has 0 spiro atoms. The van der Waals surface area contributed by atoms with Crippen LogP contribution in [0.3, 0.4) is 0 Å². The zero-order valence-corrected chi connectivity index (χ0v) is 31.8. The molecule has 7 nitrogen and oxygen atoms in total. The van der Waals surface area contributed by atoms with E-state index in [1.807, 2.05) is 4.90 Å². The summed E-state index contributed by atoms with van der Waals surface area (Å²) in [6.07, 6.45) is 27.6. The molecule has 2 amide bonds. The predicted molar refractivity (Wildman–Crippen MR) is 197 cm³/mol. The maximum Gasteiger partial charge on any atom is 0.305 e. The highest BCUT2D eigenvalue weighted by Crippen LogP contribution is 2.21. The Hall–Kier alpha value is -1.63. The van der Waals surface area contributed by atoms with Crippen molar-refractivity contribution in [2.24, 2.45) is 5.92 Å². The third-order valence-corrected chi connectivity index (χ3v) is 9.98. The zero-order chi connectivity index (χ0) is 34.5. The molecule has 0 radical (unpaired) electrons. The maximum absolute atomic E-state index is 13.8. The molecule has 47 heavy (non-hydrogen) atoms. The summed E-state index contributed by atoms with van der Waals surface area (Å²) >= 11 is 0. The molecule has 1 aliphatic carbocycles. The summed E-state index contributed by atoms with van der Waals surface area (Å²) in [5.41, 5.74) is 0. The molecule has 0 aromatic heterocycles. The van der Waals surface area contributed by atoms with Crippen molar-refractivity contribution in [2.75, 3.05) is 33.8 Å². The Morgan fingerprint density at radius 1 is 0.681 bits per heavy atom. The summed E-state index contributed by atoms with van der Waals surface area (Å²) in [5.74, 6) is 0.588. The van der Waals surface area contributed by atoms with Crippen LogP contribution in [0.25, 0.3) is 0 Å². The Morgan fingerprint density at radius 3 is 1.94 bits per heavy atom. The number of hydrogen-bond acceptors (Lipinski definition) is 5. The summed E-state index contributed by atoms with van der Waals surface area (Å²) in [4.78, 5) is 43.9. The highest BCUT2D eigenvalue weighted by atomic mass is 16.5.